The molecule has 0 saturated carbocycles. The topological polar surface area (TPSA) is 90.7 Å². The van der Waals surface area contributed by atoms with E-state index in [0.717, 1.165) is 4.68 Å². The van der Waals surface area contributed by atoms with Crippen LogP contribution >= 0.6 is 0 Å². The summed E-state index contributed by atoms with van der Waals surface area (Å²) in [6, 6.07) is 7.53. The first-order valence-corrected chi connectivity index (χ1v) is 8.25. The number of benzene rings is 1. The number of hydrogen-bond donors (Lipinski definition) is 0. The van der Waals surface area contributed by atoms with Gasteiger partial charge in [-0.15, -0.1) is 0 Å². The molecule has 0 aliphatic carbocycles. The minimum atomic E-state index is -0.890. The highest BCUT2D eigenvalue weighted by Gasteiger charge is 2.42. The summed E-state index contributed by atoms with van der Waals surface area (Å²) in [7, 11) is 2.64. The zero-order valence-corrected chi connectivity index (χ0v) is 14.8. The van der Waals surface area contributed by atoms with E-state index in [2.05, 4.69) is 5.10 Å². The van der Waals surface area contributed by atoms with Crippen LogP contribution < -0.4 is 10.3 Å². The molecule has 0 N–H and O–H groups in total. The van der Waals surface area contributed by atoms with E-state index in [9.17, 15) is 18.8 Å². The number of rotatable bonds is 4. The molecule has 1 saturated heterocycles. The number of aryl methyl sites for hydroxylation is 1. The zero-order valence-electron chi connectivity index (χ0n) is 14.8. The molecule has 8 nitrogen and oxygen atoms in total. The highest BCUT2D eigenvalue weighted by Crippen LogP contribution is 2.26. The standard InChI is InChI=1S/C18H18FN3O5/c1-21-16(23)8-7-13(20-21)17(24)22-10-11(9-14(22)18(25)26-2)27-15-6-4-3-5-12(15)19/h3-8,11,14H,9-10H2,1-2H3/t11-,14+/m1/s1. The highest BCUT2D eigenvalue weighted by molar-refractivity contribution is 5.95. The fraction of sp³-hybridized carbons (Fsp3) is 0.333. The molecule has 9 heteroatoms. The summed E-state index contributed by atoms with van der Waals surface area (Å²) >= 11 is 0. The number of carbonyl (C=O) groups excluding carboxylic acids is 2. The number of ether oxygens (including phenoxy) is 2. The van der Waals surface area contributed by atoms with Crippen molar-refractivity contribution in [2.45, 2.75) is 18.6 Å². The Hall–Kier alpha value is -3.23. The lowest BCUT2D eigenvalue weighted by molar-refractivity contribution is -0.145. The SMILES string of the molecule is COC(=O)[C@@H]1C[C@@H](Oc2ccccc2F)CN1C(=O)c1ccc(=O)n(C)n1. The number of hydrogen-bond acceptors (Lipinski definition) is 6. The lowest BCUT2D eigenvalue weighted by atomic mass is 10.2. The van der Waals surface area contributed by atoms with Gasteiger partial charge in [0.25, 0.3) is 11.5 Å². The molecular weight excluding hydrogens is 357 g/mol. The van der Waals surface area contributed by atoms with Crippen LogP contribution in [-0.4, -0.2) is 52.4 Å². The summed E-state index contributed by atoms with van der Waals surface area (Å²) in [6.07, 6.45) is -0.444. The molecule has 0 unspecified atom stereocenters. The predicted molar refractivity (Wildman–Crippen MR) is 91.8 cm³/mol. The van der Waals surface area contributed by atoms with Gasteiger partial charge in [0.1, 0.15) is 17.8 Å². The van der Waals surface area contributed by atoms with Gasteiger partial charge in [0.15, 0.2) is 11.6 Å². The van der Waals surface area contributed by atoms with Crippen molar-refractivity contribution in [3.63, 3.8) is 0 Å². The average molecular weight is 375 g/mol. The first-order chi connectivity index (χ1) is 12.9. The van der Waals surface area contributed by atoms with Crippen LogP contribution in [-0.2, 0) is 16.6 Å². The largest absolute Gasteiger partial charge is 0.485 e. The van der Waals surface area contributed by atoms with Crippen molar-refractivity contribution >= 4 is 11.9 Å². The number of para-hydroxylation sites is 1. The summed E-state index contributed by atoms with van der Waals surface area (Å²) in [6.45, 7) is 0.0530. The monoisotopic (exact) mass is 375 g/mol. The number of aromatic nitrogens is 2. The molecular formula is C18H18FN3O5. The van der Waals surface area contributed by atoms with Gasteiger partial charge >= 0.3 is 5.97 Å². The van der Waals surface area contributed by atoms with Crippen molar-refractivity contribution < 1.29 is 23.5 Å². The molecule has 0 spiro atoms. The second kappa shape index (κ2) is 7.56. The van der Waals surface area contributed by atoms with Gasteiger partial charge in [0.2, 0.25) is 0 Å². The maximum atomic E-state index is 13.8. The first kappa shape index (κ1) is 18.6. The first-order valence-electron chi connectivity index (χ1n) is 8.25. The average Bonchev–Trinajstić information content (AvgIpc) is 3.08. The Morgan fingerprint density at radius 1 is 1.22 bits per heavy atom. The Morgan fingerprint density at radius 3 is 2.63 bits per heavy atom. The Bertz CT molecular complexity index is 929. The molecule has 1 fully saturated rings. The summed E-state index contributed by atoms with van der Waals surface area (Å²) in [5, 5.41) is 3.92. The van der Waals surface area contributed by atoms with Gasteiger partial charge < -0.3 is 14.4 Å². The molecule has 142 valence electrons. The van der Waals surface area contributed by atoms with Gasteiger partial charge in [0.05, 0.1) is 13.7 Å². The van der Waals surface area contributed by atoms with Gasteiger partial charge in [-0.25, -0.2) is 13.9 Å². The Labute approximate surface area is 154 Å². The summed E-state index contributed by atoms with van der Waals surface area (Å²) < 4.78 is 25.3. The fourth-order valence-corrected chi connectivity index (χ4v) is 2.95. The van der Waals surface area contributed by atoms with Crippen LogP contribution in [0.5, 0.6) is 5.75 Å². The zero-order chi connectivity index (χ0) is 19.6. The quantitative estimate of drug-likeness (QED) is 0.733. The van der Waals surface area contributed by atoms with E-state index in [-0.39, 0.29) is 30.0 Å². The third-order valence-electron chi connectivity index (χ3n) is 4.31. The molecule has 3 rings (SSSR count). The Morgan fingerprint density at radius 2 is 1.96 bits per heavy atom. The van der Waals surface area contributed by atoms with E-state index in [0.29, 0.717) is 0 Å². The number of carbonyl (C=O) groups is 2. The minimum Gasteiger partial charge on any atom is -0.485 e. The third kappa shape index (κ3) is 3.81. The number of likely N-dealkylation sites (tertiary alicyclic amines) is 1. The molecule has 1 amide bonds. The second-order valence-corrected chi connectivity index (χ2v) is 6.08. The molecule has 1 aliphatic heterocycles. The maximum absolute atomic E-state index is 13.8. The number of amides is 1. The molecule has 2 aromatic rings. The lowest BCUT2D eigenvalue weighted by Gasteiger charge is -2.21. The van der Waals surface area contributed by atoms with Crippen LogP contribution in [0.25, 0.3) is 0 Å². The molecule has 2 heterocycles. The van der Waals surface area contributed by atoms with Crippen molar-refractivity contribution in [1.82, 2.24) is 14.7 Å². The van der Waals surface area contributed by atoms with E-state index >= 15 is 0 Å². The van der Waals surface area contributed by atoms with Crippen LogP contribution in [0.3, 0.4) is 0 Å². The van der Waals surface area contributed by atoms with Crippen molar-refractivity contribution in [2.24, 2.45) is 7.05 Å². The second-order valence-electron chi connectivity index (χ2n) is 6.08. The van der Waals surface area contributed by atoms with Gasteiger partial charge in [-0.1, -0.05) is 12.1 Å². The van der Waals surface area contributed by atoms with Crippen LogP contribution in [0.15, 0.2) is 41.2 Å². The number of nitrogens with zero attached hydrogens (tertiary/aromatic N) is 3. The lowest BCUT2D eigenvalue weighted by Crippen LogP contribution is -2.42. The van der Waals surface area contributed by atoms with Crippen molar-refractivity contribution in [2.75, 3.05) is 13.7 Å². The summed E-state index contributed by atoms with van der Waals surface area (Å²) in [5.41, 5.74) is -0.351. The predicted octanol–water partition coefficient (Wildman–Crippen LogP) is 0.754. The molecule has 1 aliphatic rings. The van der Waals surface area contributed by atoms with E-state index in [1.165, 1.54) is 49.4 Å². The van der Waals surface area contributed by atoms with Crippen LogP contribution in [0.2, 0.25) is 0 Å². The number of esters is 1. The van der Waals surface area contributed by atoms with Crippen LogP contribution in [0, 0.1) is 5.82 Å². The summed E-state index contributed by atoms with van der Waals surface area (Å²) in [4.78, 5) is 37.7. The van der Waals surface area contributed by atoms with Crippen LogP contribution in [0.4, 0.5) is 4.39 Å². The molecule has 1 aromatic carbocycles. The number of halogens is 1. The summed E-state index contributed by atoms with van der Waals surface area (Å²) in [5.74, 6) is -1.63. The molecule has 2 atom stereocenters. The van der Waals surface area contributed by atoms with E-state index in [1.807, 2.05) is 0 Å². The van der Waals surface area contributed by atoms with Crippen molar-refractivity contribution in [3.05, 3.63) is 58.3 Å². The van der Waals surface area contributed by atoms with Gasteiger partial charge in [-0.05, 0) is 18.2 Å². The van der Waals surface area contributed by atoms with Crippen molar-refractivity contribution in [1.29, 1.82) is 0 Å². The maximum Gasteiger partial charge on any atom is 0.328 e. The van der Waals surface area contributed by atoms with E-state index in [4.69, 9.17) is 9.47 Å². The smallest absolute Gasteiger partial charge is 0.328 e. The van der Waals surface area contributed by atoms with Gasteiger partial charge in [0, 0.05) is 19.5 Å². The molecule has 0 radical (unpaired) electrons. The minimum absolute atomic E-state index is 0.0116. The number of methoxy groups -OCH3 is 1. The van der Waals surface area contributed by atoms with Crippen molar-refractivity contribution in [3.8, 4) is 5.75 Å². The molecule has 1 aromatic heterocycles. The Kier molecular flexibility index (Phi) is 5.20. The fourth-order valence-electron chi connectivity index (χ4n) is 2.95. The highest BCUT2D eigenvalue weighted by atomic mass is 19.1. The Balaban J connectivity index is 1.84. The third-order valence-corrected chi connectivity index (χ3v) is 4.31. The normalized spacial score (nSPS) is 19.0. The van der Waals surface area contributed by atoms with E-state index in [1.54, 1.807) is 6.07 Å². The van der Waals surface area contributed by atoms with E-state index < -0.39 is 29.8 Å². The van der Waals surface area contributed by atoms with Crippen LogP contribution in [0.1, 0.15) is 16.9 Å². The van der Waals surface area contributed by atoms with Gasteiger partial charge in [-0.2, -0.15) is 5.10 Å². The van der Waals surface area contributed by atoms with Gasteiger partial charge in [-0.3, -0.25) is 9.59 Å². The molecule has 0 bridgehead atoms. The molecule has 27 heavy (non-hydrogen) atoms.